The molecule has 0 aliphatic carbocycles. The lowest BCUT2D eigenvalue weighted by molar-refractivity contribution is 0.447. The van der Waals surface area contributed by atoms with E-state index in [-0.39, 0.29) is 16.4 Å². The van der Waals surface area contributed by atoms with E-state index in [1.54, 1.807) is 13.8 Å². The summed E-state index contributed by atoms with van der Waals surface area (Å²) in [5.41, 5.74) is 1.69. The zero-order valence-corrected chi connectivity index (χ0v) is 10.3. The van der Waals surface area contributed by atoms with Gasteiger partial charge in [0, 0.05) is 5.56 Å². The predicted octanol–water partition coefficient (Wildman–Crippen LogP) is 3.83. The van der Waals surface area contributed by atoms with Crippen LogP contribution in [-0.4, -0.2) is 10.2 Å². The molecular weight excluding hydrogens is 265 g/mol. The first-order valence-electron chi connectivity index (χ1n) is 5.06. The van der Waals surface area contributed by atoms with Crippen LogP contribution in [-0.2, 0) is 0 Å². The Morgan fingerprint density at radius 2 is 1.50 bits per heavy atom. The van der Waals surface area contributed by atoms with Gasteiger partial charge in [-0.2, -0.15) is 0 Å². The van der Waals surface area contributed by atoms with Gasteiger partial charge in [-0.15, -0.1) is 10.2 Å². The van der Waals surface area contributed by atoms with Crippen molar-refractivity contribution >= 4 is 11.6 Å². The van der Waals surface area contributed by atoms with Gasteiger partial charge in [0.2, 0.25) is 0 Å². The molecule has 0 saturated carbocycles. The average molecular weight is 273 g/mol. The Kier molecular flexibility index (Phi) is 3.26. The van der Waals surface area contributed by atoms with E-state index in [9.17, 15) is 13.2 Å². The normalized spacial score (nSPS) is 10.8. The Bertz CT molecular complexity index is 606. The van der Waals surface area contributed by atoms with Gasteiger partial charge >= 0.3 is 0 Å². The van der Waals surface area contributed by atoms with E-state index in [1.807, 2.05) is 0 Å². The van der Waals surface area contributed by atoms with Crippen molar-refractivity contribution in [2.75, 3.05) is 0 Å². The van der Waals surface area contributed by atoms with Gasteiger partial charge in [-0.3, -0.25) is 0 Å². The third-order valence-electron chi connectivity index (χ3n) is 2.72. The lowest BCUT2D eigenvalue weighted by Gasteiger charge is -2.08. The number of hydrogen-bond donors (Lipinski definition) is 0. The van der Waals surface area contributed by atoms with Crippen molar-refractivity contribution in [2.24, 2.45) is 0 Å². The second kappa shape index (κ2) is 4.57. The molecule has 0 unspecified atom stereocenters. The maximum atomic E-state index is 13.1. The second-order valence-corrected chi connectivity index (χ2v) is 4.20. The van der Waals surface area contributed by atoms with Crippen LogP contribution >= 0.6 is 11.6 Å². The predicted molar refractivity (Wildman–Crippen MR) is 61.8 cm³/mol. The Morgan fingerprint density at radius 3 is 2.06 bits per heavy atom. The fourth-order valence-corrected chi connectivity index (χ4v) is 1.72. The minimum absolute atomic E-state index is 0.121. The van der Waals surface area contributed by atoms with Crippen molar-refractivity contribution in [1.82, 2.24) is 10.2 Å². The van der Waals surface area contributed by atoms with Gasteiger partial charge in [-0.05, 0) is 37.1 Å². The van der Waals surface area contributed by atoms with Crippen molar-refractivity contribution in [3.05, 3.63) is 45.9 Å². The van der Waals surface area contributed by atoms with Crippen LogP contribution < -0.4 is 0 Å². The van der Waals surface area contributed by atoms with Crippen LogP contribution in [0.15, 0.2) is 12.1 Å². The molecule has 94 valence electrons. The maximum Gasteiger partial charge on any atom is 0.194 e. The molecule has 1 aromatic heterocycles. The monoisotopic (exact) mass is 272 g/mol. The molecule has 18 heavy (non-hydrogen) atoms. The highest BCUT2D eigenvalue weighted by Gasteiger charge is 2.15. The number of halogens is 4. The quantitative estimate of drug-likeness (QED) is 0.737. The molecule has 0 aliphatic rings. The van der Waals surface area contributed by atoms with E-state index in [0.29, 0.717) is 11.1 Å². The Hall–Kier alpha value is -1.62. The first-order valence-corrected chi connectivity index (χ1v) is 5.44. The van der Waals surface area contributed by atoms with E-state index in [0.717, 1.165) is 12.1 Å². The standard InChI is InChI=1S/C12H8ClF3N2/c1-5-6(2)12(13)18-17-11(5)7-3-8(14)10(16)9(15)4-7/h3-4H,1-2H3. The highest BCUT2D eigenvalue weighted by atomic mass is 35.5. The SMILES string of the molecule is Cc1c(Cl)nnc(-c2cc(F)c(F)c(F)c2)c1C. The number of rotatable bonds is 1. The summed E-state index contributed by atoms with van der Waals surface area (Å²) < 4.78 is 39.2. The van der Waals surface area contributed by atoms with E-state index < -0.39 is 17.5 Å². The zero-order chi connectivity index (χ0) is 13.4. The summed E-state index contributed by atoms with van der Waals surface area (Å²) >= 11 is 5.78. The van der Waals surface area contributed by atoms with Crippen LogP contribution in [0.25, 0.3) is 11.3 Å². The average Bonchev–Trinajstić information content (AvgIpc) is 2.33. The maximum absolute atomic E-state index is 13.1. The first kappa shape index (κ1) is 12.8. The highest BCUT2D eigenvalue weighted by molar-refractivity contribution is 6.30. The van der Waals surface area contributed by atoms with Crippen LogP contribution in [0, 0.1) is 31.3 Å². The van der Waals surface area contributed by atoms with Gasteiger partial charge in [-0.25, -0.2) is 13.2 Å². The Balaban J connectivity index is 2.67. The number of nitrogens with zero attached hydrogens (tertiary/aromatic N) is 2. The Morgan fingerprint density at radius 1 is 0.944 bits per heavy atom. The number of aromatic nitrogens is 2. The first-order chi connectivity index (χ1) is 8.41. The molecule has 2 rings (SSSR count). The van der Waals surface area contributed by atoms with Crippen molar-refractivity contribution < 1.29 is 13.2 Å². The van der Waals surface area contributed by atoms with Gasteiger partial charge in [0.25, 0.3) is 0 Å². The summed E-state index contributed by atoms with van der Waals surface area (Å²) in [6.07, 6.45) is 0. The van der Waals surface area contributed by atoms with Crippen LogP contribution in [0.5, 0.6) is 0 Å². The third-order valence-corrected chi connectivity index (χ3v) is 3.08. The number of benzene rings is 1. The molecule has 0 N–H and O–H groups in total. The molecule has 0 atom stereocenters. The Labute approximate surface area is 106 Å². The molecule has 1 aromatic carbocycles. The summed E-state index contributed by atoms with van der Waals surface area (Å²) in [4.78, 5) is 0. The van der Waals surface area contributed by atoms with Crippen molar-refractivity contribution in [1.29, 1.82) is 0 Å². The van der Waals surface area contributed by atoms with Crippen LogP contribution in [0.3, 0.4) is 0 Å². The van der Waals surface area contributed by atoms with E-state index in [4.69, 9.17) is 11.6 Å². The minimum atomic E-state index is -1.50. The molecule has 0 bridgehead atoms. The van der Waals surface area contributed by atoms with Crippen LogP contribution in [0.2, 0.25) is 5.15 Å². The van der Waals surface area contributed by atoms with Gasteiger partial charge in [0.1, 0.15) is 0 Å². The topological polar surface area (TPSA) is 25.8 Å². The van der Waals surface area contributed by atoms with Crippen molar-refractivity contribution in [3.8, 4) is 11.3 Å². The fourth-order valence-electron chi connectivity index (χ4n) is 1.54. The van der Waals surface area contributed by atoms with E-state index >= 15 is 0 Å². The van der Waals surface area contributed by atoms with Crippen LogP contribution in [0.1, 0.15) is 11.1 Å². The third kappa shape index (κ3) is 2.06. The molecule has 2 nitrogen and oxygen atoms in total. The zero-order valence-electron chi connectivity index (χ0n) is 9.56. The van der Waals surface area contributed by atoms with Crippen molar-refractivity contribution in [3.63, 3.8) is 0 Å². The molecule has 0 spiro atoms. The largest absolute Gasteiger partial charge is 0.204 e. The summed E-state index contributed by atoms with van der Waals surface area (Å²) in [5, 5.41) is 7.68. The summed E-state index contributed by atoms with van der Waals surface area (Å²) in [7, 11) is 0. The molecule has 0 fully saturated rings. The molecule has 2 aromatic rings. The number of hydrogen-bond acceptors (Lipinski definition) is 2. The smallest absolute Gasteiger partial charge is 0.194 e. The molecule has 0 aliphatic heterocycles. The van der Waals surface area contributed by atoms with Gasteiger partial charge in [-0.1, -0.05) is 11.6 Å². The molecule has 0 saturated heterocycles. The molecule has 1 heterocycles. The fraction of sp³-hybridized carbons (Fsp3) is 0.167. The summed E-state index contributed by atoms with van der Waals surface area (Å²) in [5.74, 6) is -4.03. The summed E-state index contributed by atoms with van der Waals surface area (Å²) in [6, 6.07) is 1.76. The van der Waals surface area contributed by atoms with Gasteiger partial charge < -0.3 is 0 Å². The molecule has 0 amide bonds. The van der Waals surface area contributed by atoms with Gasteiger partial charge in [0.15, 0.2) is 22.6 Å². The molecule has 6 heteroatoms. The van der Waals surface area contributed by atoms with Crippen molar-refractivity contribution in [2.45, 2.75) is 13.8 Å². The second-order valence-electron chi connectivity index (χ2n) is 3.84. The minimum Gasteiger partial charge on any atom is -0.204 e. The lowest BCUT2D eigenvalue weighted by Crippen LogP contribution is -1.99. The highest BCUT2D eigenvalue weighted by Crippen LogP contribution is 2.27. The molecule has 0 radical (unpaired) electrons. The molecular formula is C12H8ClF3N2. The van der Waals surface area contributed by atoms with Crippen LogP contribution in [0.4, 0.5) is 13.2 Å². The lowest BCUT2D eigenvalue weighted by atomic mass is 10.0. The van der Waals surface area contributed by atoms with E-state index in [2.05, 4.69) is 10.2 Å². The summed E-state index contributed by atoms with van der Waals surface area (Å²) in [6.45, 7) is 3.41. The van der Waals surface area contributed by atoms with Gasteiger partial charge in [0.05, 0.1) is 5.69 Å². The van der Waals surface area contributed by atoms with E-state index in [1.165, 1.54) is 0 Å².